The number of carbonyl (C=O) groups excluding carboxylic acids is 2. The Morgan fingerprint density at radius 1 is 1.04 bits per heavy atom. The third-order valence-corrected chi connectivity index (χ3v) is 5.62. The predicted octanol–water partition coefficient (Wildman–Crippen LogP) is 5.30. The van der Waals surface area contributed by atoms with Gasteiger partial charge in [0.25, 0.3) is 0 Å². The van der Waals surface area contributed by atoms with Crippen LogP contribution in [0, 0.1) is 0 Å². The van der Waals surface area contributed by atoms with E-state index in [1.807, 2.05) is 0 Å². The molecule has 27 heavy (non-hydrogen) atoms. The van der Waals surface area contributed by atoms with Crippen molar-refractivity contribution < 1.29 is 14.3 Å². The first-order valence-electron chi connectivity index (χ1n) is 11.2. The van der Waals surface area contributed by atoms with Crippen molar-refractivity contribution in [2.45, 2.75) is 103 Å². The van der Waals surface area contributed by atoms with Crippen LogP contribution >= 0.6 is 0 Å². The lowest BCUT2D eigenvalue weighted by Gasteiger charge is -2.09. The lowest BCUT2D eigenvalue weighted by Crippen LogP contribution is -2.27. The van der Waals surface area contributed by atoms with Gasteiger partial charge in [-0.25, -0.2) is 4.79 Å². The summed E-state index contributed by atoms with van der Waals surface area (Å²) < 4.78 is 5.21. The number of hydrogen-bond acceptors (Lipinski definition) is 3. The van der Waals surface area contributed by atoms with Crippen molar-refractivity contribution in [1.29, 1.82) is 0 Å². The Bertz CT molecular complexity index is 490. The molecule has 154 valence electrons. The highest BCUT2D eigenvalue weighted by atomic mass is 16.6. The Kier molecular flexibility index (Phi) is 10.3. The fourth-order valence-electron chi connectivity index (χ4n) is 3.99. The van der Waals surface area contributed by atoms with Gasteiger partial charge in [0.05, 0.1) is 6.04 Å². The second kappa shape index (κ2) is 12.8. The first-order chi connectivity index (χ1) is 13.2. The molecule has 0 radical (unpaired) electrons. The number of rotatable bonds is 14. The number of nitrogens with one attached hydrogen (secondary N) is 1. The molecule has 5 nitrogen and oxygen atoms in total. The van der Waals surface area contributed by atoms with Gasteiger partial charge >= 0.3 is 6.09 Å². The van der Waals surface area contributed by atoms with Gasteiger partial charge in [-0.15, -0.1) is 0 Å². The van der Waals surface area contributed by atoms with Crippen LogP contribution in [0.1, 0.15) is 96.8 Å². The first kappa shape index (κ1) is 21.8. The third-order valence-electron chi connectivity index (χ3n) is 5.62. The molecule has 0 aromatic carbocycles. The molecule has 1 N–H and O–H groups in total. The normalized spacial score (nSPS) is 20.2. The van der Waals surface area contributed by atoms with Crippen molar-refractivity contribution in [3.05, 3.63) is 11.8 Å². The average molecular weight is 379 g/mol. The van der Waals surface area contributed by atoms with Gasteiger partial charge in [0.15, 0.2) is 0 Å². The Balaban J connectivity index is 1.42. The van der Waals surface area contributed by atoms with Crippen LogP contribution in [0.5, 0.6) is 0 Å². The number of nitrogens with zero attached hydrogens (tertiary/aromatic N) is 1. The summed E-state index contributed by atoms with van der Waals surface area (Å²) >= 11 is 0. The summed E-state index contributed by atoms with van der Waals surface area (Å²) in [4.78, 5) is 25.4. The highest BCUT2D eigenvalue weighted by molar-refractivity contribution is 5.89. The zero-order chi connectivity index (χ0) is 19.3. The Morgan fingerprint density at radius 2 is 1.63 bits per heavy atom. The molecule has 0 aliphatic carbocycles. The smallest absolute Gasteiger partial charge is 0.412 e. The van der Waals surface area contributed by atoms with E-state index in [1.54, 1.807) is 4.90 Å². The number of hydrogen-bond donors (Lipinski definition) is 1. The van der Waals surface area contributed by atoms with E-state index in [0.29, 0.717) is 12.3 Å². The monoisotopic (exact) mass is 378 g/mol. The molecular formula is C22H38N2O3. The standard InChI is InChI=1S/C22H38N2O3/c1-2-3-4-5-6-7-8-9-10-11-12-13-16-23-21(25)18-20-19-15-14-17-24(19)22(26)27-20/h18-19H,2-17H2,1H3,(H,23,25)/b20-18+/t19-/m1/s1. The number of fused-ring (bicyclic) bond motifs is 1. The number of ether oxygens (including phenoxy) is 1. The van der Waals surface area contributed by atoms with Crippen molar-refractivity contribution in [2.75, 3.05) is 13.1 Å². The van der Waals surface area contributed by atoms with Crippen LogP contribution < -0.4 is 5.32 Å². The van der Waals surface area contributed by atoms with Gasteiger partial charge in [-0.3, -0.25) is 9.69 Å². The molecule has 2 amide bonds. The maximum Gasteiger partial charge on any atom is 0.415 e. The highest BCUT2D eigenvalue weighted by Crippen LogP contribution is 2.31. The topological polar surface area (TPSA) is 58.6 Å². The maximum atomic E-state index is 12.0. The summed E-state index contributed by atoms with van der Waals surface area (Å²) in [6.45, 7) is 3.70. The largest absolute Gasteiger partial charge is 0.415 e. The highest BCUT2D eigenvalue weighted by Gasteiger charge is 2.41. The van der Waals surface area contributed by atoms with Gasteiger partial charge in [0.1, 0.15) is 5.76 Å². The molecule has 0 unspecified atom stereocenters. The molecule has 5 heteroatoms. The summed E-state index contributed by atoms with van der Waals surface area (Å²) in [5.74, 6) is 0.374. The molecule has 2 heterocycles. The summed E-state index contributed by atoms with van der Waals surface area (Å²) in [7, 11) is 0. The number of cyclic esters (lactones) is 1. The second-order valence-electron chi connectivity index (χ2n) is 7.95. The van der Waals surface area contributed by atoms with Crippen LogP contribution in [0.15, 0.2) is 11.8 Å². The zero-order valence-corrected chi connectivity index (χ0v) is 17.1. The lowest BCUT2D eigenvalue weighted by atomic mass is 10.1. The second-order valence-corrected chi connectivity index (χ2v) is 7.95. The fourth-order valence-corrected chi connectivity index (χ4v) is 3.99. The van der Waals surface area contributed by atoms with Gasteiger partial charge in [-0.2, -0.15) is 0 Å². The molecule has 0 spiro atoms. The Hall–Kier alpha value is -1.52. The van der Waals surface area contributed by atoms with Crippen LogP contribution in [0.25, 0.3) is 0 Å². The van der Waals surface area contributed by atoms with Crippen molar-refractivity contribution in [3.8, 4) is 0 Å². The molecule has 2 fully saturated rings. The fraction of sp³-hybridized carbons (Fsp3) is 0.818. The van der Waals surface area contributed by atoms with E-state index in [2.05, 4.69) is 12.2 Å². The van der Waals surface area contributed by atoms with Crippen molar-refractivity contribution in [1.82, 2.24) is 10.2 Å². The van der Waals surface area contributed by atoms with E-state index >= 15 is 0 Å². The Labute approximate surface area is 164 Å². The molecule has 2 rings (SSSR count). The molecular weight excluding hydrogens is 340 g/mol. The van der Waals surface area contributed by atoms with E-state index in [9.17, 15) is 9.59 Å². The molecule has 2 aliphatic heterocycles. The average Bonchev–Trinajstić information content (AvgIpc) is 3.24. The van der Waals surface area contributed by atoms with Gasteiger partial charge in [0.2, 0.25) is 5.91 Å². The van der Waals surface area contributed by atoms with Crippen LogP contribution in [-0.4, -0.2) is 36.0 Å². The molecule has 0 aromatic heterocycles. The predicted molar refractivity (Wildman–Crippen MR) is 108 cm³/mol. The third kappa shape index (κ3) is 7.94. The van der Waals surface area contributed by atoms with E-state index in [0.717, 1.165) is 25.8 Å². The molecule has 0 aromatic rings. The Morgan fingerprint density at radius 3 is 2.26 bits per heavy atom. The van der Waals surface area contributed by atoms with Gasteiger partial charge in [-0.1, -0.05) is 77.6 Å². The van der Waals surface area contributed by atoms with Gasteiger partial charge in [0, 0.05) is 19.2 Å². The number of amides is 2. The van der Waals surface area contributed by atoms with Crippen LogP contribution in [-0.2, 0) is 9.53 Å². The van der Waals surface area contributed by atoms with Gasteiger partial charge < -0.3 is 10.1 Å². The molecule has 2 aliphatic rings. The maximum absolute atomic E-state index is 12.0. The number of unbranched alkanes of at least 4 members (excludes halogenated alkanes) is 11. The van der Waals surface area contributed by atoms with Crippen LogP contribution in [0.3, 0.4) is 0 Å². The van der Waals surface area contributed by atoms with Crippen LogP contribution in [0.4, 0.5) is 4.79 Å². The summed E-state index contributed by atoms with van der Waals surface area (Å²) in [6, 6.07) is -0.0186. The SMILES string of the molecule is CCCCCCCCCCCCCCNC(=O)/C=C1/OC(=O)N2CCC[C@H]12. The van der Waals surface area contributed by atoms with E-state index < -0.39 is 0 Å². The van der Waals surface area contributed by atoms with Crippen LogP contribution in [0.2, 0.25) is 0 Å². The zero-order valence-electron chi connectivity index (χ0n) is 17.1. The summed E-state index contributed by atoms with van der Waals surface area (Å²) in [5.41, 5.74) is 0. The molecule has 0 saturated carbocycles. The lowest BCUT2D eigenvalue weighted by molar-refractivity contribution is -0.116. The first-order valence-corrected chi connectivity index (χ1v) is 11.2. The quantitative estimate of drug-likeness (QED) is 0.329. The molecule has 1 atom stereocenters. The minimum Gasteiger partial charge on any atom is -0.412 e. The minimum absolute atomic E-state index is 0.0186. The number of carbonyl (C=O) groups is 2. The van der Waals surface area contributed by atoms with Crippen molar-refractivity contribution in [2.24, 2.45) is 0 Å². The molecule has 2 saturated heterocycles. The van der Waals surface area contributed by atoms with Crippen molar-refractivity contribution >= 4 is 12.0 Å². The summed E-state index contributed by atoms with van der Waals surface area (Å²) in [5, 5.41) is 2.91. The van der Waals surface area contributed by atoms with Crippen molar-refractivity contribution in [3.63, 3.8) is 0 Å². The van der Waals surface area contributed by atoms with Gasteiger partial charge in [-0.05, 0) is 19.3 Å². The molecule has 0 bridgehead atoms. The minimum atomic E-state index is -0.308. The van der Waals surface area contributed by atoms with E-state index in [-0.39, 0.29) is 18.0 Å². The van der Waals surface area contributed by atoms with E-state index in [1.165, 1.54) is 76.7 Å². The van der Waals surface area contributed by atoms with E-state index in [4.69, 9.17) is 4.74 Å². The summed E-state index contributed by atoms with van der Waals surface area (Å²) in [6.07, 6.45) is 18.8.